The second-order valence-electron chi connectivity index (χ2n) is 12.3. The van der Waals surface area contributed by atoms with Gasteiger partial charge in [-0.15, -0.1) is 0 Å². The molecular weight excluding hydrogens is 504 g/mol. The number of hydrogen-bond donors (Lipinski definition) is 7. The first-order chi connectivity index (χ1) is 17.9. The Morgan fingerprint density at radius 2 is 1.82 bits per heavy atom. The summed E-state index contributed by atoms with van der Waals surface area (Å²) in [5.41, 5.74) is 1.70. The molecule has 3 aliphatic carbocycles. The fraction of sp³-hybridized carbons (Fsp3) is 0.536. The van der Waals surface area contributed by atoms with Crippen molar-refractivity contribution in [1.82, 2.24) is 10.6 Å². The van der Waals surface area contributed by atoms with E-state index in [0.29, 0.717) is 11.1 Å². The molecule has 1 aromatic rings. The van der Waals surface area contributed by atoms with Crippen molar-refractivity contribution in [2.24, 2.45) is 17.1 Å². The van der Waals surface area contributed by atoms with Gasteiger partial charge in [0.25, 0.3) is 5.91 Å². The van der Waals surface area contributed by atoms with Crippen LogP contribution in [0, 0.1) is 11.3 Å². The zero-order valence-corrected chi connectivity index (χ0v) is 23.4. The summed E-state index contributed by atoms with van der Waals surface area (Å²) in [4.78, 5) is 41.3. The number of likely N-dealkylation sites (N-methyl/N-ethyl adjacent to an activating group) is 1. The Morgan fingerprint density at radius 1 is 1.21 bits per heavy atom. The number of amides is 1. The van der Waals surface area contributed by atoms with Crippen LogP contribution >= 0.6 is 0 Å². The lowest BCUT2D eigenvalue weighted by molar-refractivity contribution is -0.165. The van der Waals surface area contributed by atoms with Gasteiger partial charge < -0.3 is 41.7 Å². The molecule has 1 unspecified atom stereocenters. The molecule has 4 rings (SSSR count). The molecule has 0 radical (unpaired) electrons. The third kappa shape index (κ3) is 3.94. The number of nitrogens with zero attached hydrogens (tertiary/aromatic N) is 1. The number of aromatic hydroxyl groups is 1. The number of fused-ring (bicyclic) bond motifs is 3. The first-order valence-corrected chi connectivity index (χ1v) is 12.9. The van der Waals surface area contributed by atoms with Gasteiger partial charge >= 0.3 is 0 Å². The summed E-state index contributed by atoms with van der Waals surface area (Å²) in [7, 11) is 5.12. The number of primary amides is 1. The smallest absolute Gasteiger partial charge is 0.255 e. The predicted molar refractivity (Wildman–Crippen MR) is 145 cm³/mol. The molecule has 1 amide bonds. The molecule has 3 aliphatic rings. The van der Waals surface area contributed by atoms with Crippen molar-refractivity contribution in [3.8, 4) is 5.75 Å². The molecule has 39 heavy (non-hydrogen) atoms. The van der Waals surface area contributed by atoms with Crippen molar-refractivity contribution in [2.75, 3.05) is 26.0 Å². The fourth-order valence-corrected chi connectivity index (χ4v) is 6.49. The second-order valence-corrected chi connectivity index (χ2v) is 12.3. The zero-order valence-electron chi connectivity index (χ0n) is 23.4. The van der Waals surface area contributed by atoms with E-state index in [4.69, 9.17) is 5.73 Å². The lowest BCUT2D eigenvalue weighted by atomic mass is 9.50. The Bertz CT molecular complexity index is 1360. The van der Waals surface area contributed by atoms with Crippen molar-refractivity contribution in [2.45, 2.75) is 64.3 Å². The van der Waals surface area contributed by atoms with Crippen molar-refractivity contribution >= 4 is 28.9 Å². The Kier molecular flexibility index (Phi) is 6.65. The number of aliphatic hydroxyl groups is 3. The number of rotatable bonds is 5. The Balaban J connectivity index is 1.99. The number of nitrogens with two attached hydrogens (primary N) is 1. The highest BCUT2D eigenvalue weighted by atomic mass is 16.3. The fourth-order valence-electron chi connectivity index (χ4n) is 6.49. The molecule has 0 bridgehead atoms. The number of benzene rings is 1. The number of Topliss-reactive ketones (excluding diaryl/α,β-unsaturated/α-hetero) is 2. The molecule has 11 nitrogen and oxygen atoms in total. The van der Waals surface area contributed by atoms with Gasteiger partial charge in [0, 0.05) is 48.4 Å². The zero-order chi connectivity index (χ0) is 29.4. The summed E-state index contributed by atoms with van der Waals surface area (Å²) in [5.74, 6) is -5.63. The van der Waals surface area contributed by atoms with Crippen molar-refractivity contribution < 1.29 is 34.8 Å². The van der Waals surface area contributed by atoms with Crippen LogP contribution in [0.1, 0.15) is 50.8 Å². The minimum absolute atomic E-state index is 0.00236. The molecule has 0 aromatic heterocycles. The highest BCUT2D eigenvalue weighted by Crippen LogP contribution is 2.58. The lowest BCUT2D eigenvalue weighted by Crippen LogP contribution is -2.71. The molecule has 212 valence electrons. The van der Waals surface area contributed by atoms with E-state index in [-0.39, 0.29) is 41.8 Å². The summed E-state index contributed by atoms with van der Waals surface area (Å²) in [6.45, 7) is 7.71. The van der Waals surface area contributed by atoms with Crippen LogP contribution in [-0.4, -0.2) is 76.2 Å². The highest BCUT2D eigenvalue weighted by Gasteiger charge is 2.69. The second kappa shape index (κ2) is 9.07. The number of aliphatic hydroxyl groups excluding tert-OH is 2. The van der Waals surface area contributed by atoms with Gasteiger partial charge in [0.05, 0.1) is 11.6 Å². The first-order valence-electron chi connectivity index (χ1n) is 12.9. The van der Waals surface area contributed by atoms with E-state index in [0.717, 1.165) is 5.69 Å². The number of phenolic OH excluding ortho intramolecular Hbond substituents is 1. The van der Waals surface area contributed by atoms with Crippen LogP contribution in [-0.2, 0) is 27.3 Å². The average Bonchev–Trinajstić information content (AvgIpc) is 2.80. The number of anilines is 1. The molecule has 1 aromatic carbocycles. The van der Waals surface area contributed by atoms with Gasteiger partial charge in [-0.2, -0.15) is 0 Å². The molecule has 1 fully saturated rings. The maximum atomic E-state index is 14.1. The van der Waals surface area contributed by atoms with Crippen molar-refractivity contribution in [1.29, 1.82) is 0 Å². The molecular formula is C28H38N4O7. The SMILES string of the molecule is CNC1C(=O)C(C(N)=O)=C(O)[C@@]2(O)C(=O)C3=C(O)c4c(O)c(CNC(C)(C)C)cc(N(C)C)c4C[C@H]3C[C@@]12C. The highest BCUT2D eigenvalue weighted by molar-refractivity contribution is 6.25. The number of carbonyl (C=O) groups is 3. The molecule has 11 heteroatoms. The monoisotopic (exact) mass is 542 g/mol. The largest absolute Gasteiger partial charge is 0.508 e. The Labute approximate surface area is 227 Å². The van der Waals surface area contributed by atoms with Crippen molar-refractivity contribution in [3.63, 3.8) is 0 Å². The van der Waals surface area contributed by atoms with Gasteiger partial charge in [-0.3, -0.25) is 14.4 Å². The Hall–Kier alpha value is -3.41. The van der Waals surface area contributed by atoms with Crippen LogP contribution < -0.4 is 21.3 Å². The molecule has 8 N–H and O–H groups in total. The molecule has 0 spiro atoms. The van der Waals surface area contributed by atoms with Gasteiger partial charge in [-0.25, -0.2) is 0 Å². The van der Waals surface area contributed by atoms with E-state index in [9.17, 15) is 34.8 Å². The molecule has 0 aliphatic heterocycles. The lowest BCUT2D eigenvalue weighted by Gasteiger charge is -2.55. The first kappa shape index (κ1) is 28.6. The van der Waals surface area contributed by atoms with E-state index in [2.05, 4.69) is 10.6 Å². The van der Waals surface area contributed by atoms with E-state index in [1.165, 1.54) is 14.0 Å². The molecule has 4 atom stereocenters. The third-order valence-electron chi connectivity index (χ3n) is 8.44. The maximum Gasteiger partial charge on any atom is 0.255 e. The average molecular weight is 543 g/mol. The van der Waals surface area contributed by atoms with Crippen LogP contribution in [0.15, 0.2) is 23.0 Å². The van der Waals surface area contributed by atoms with E-state index >= 15 is 0 Å². The molecule has 0 saturated heterocycles. The summed E-state index contributed by atoms with van der Waals surface area (Å²) in [5, 5.41) is 51.9. The summed E-state index contributed by atoms with van der Waals surface area (Å²) in [6.07, 6.45) is 0.223. The van der Waals surface area contributed by atoms with Gasteiger partial charge in [0.15, 0.2) is 11.4 Å². The normalized spacial score (nSPS) is 28.7. The van der Waals surface area contributed by atoms with Gasteiger partial charge in [0.2, 0.25) is 5.78 Å². The third-order valence-corrected chi connectivity index (χ3v) is 8.44. The van der Waals surface area contributed by atoms with Gasteiger partial charge in [-0.1, -0.05) is 6.92 Å². The van der Waals surface area contributed by atoms with E-state index in [1.54, 1.807) is 0 Å². The number of phenols is 1. The summed E-state index contributed by atoms with van der Waals surface area (Å²) >= 11 is 0. The number of carbonyl (C=O) groups excluding carboxylic acids is 3. The van der Waals surface area contributed by atoms with Gasteiger partial charge in [0.1, 0.15) is 22.8 Å². The number of nitrogens with one attached hydrogen (secondary N) is 2. The van der Waals surface area contributed by atoms with Crippen LogP contribution in [0.25, 0.3) is 5.76 Å². The molecule has 0 heterocycles. The minimum Gasteiger partial charge on any atom is -0.508 e. The molecule has 1 saturated carbocycles. The summed E-state index contributed by atoms with van der Waals surface area (Å²) < 4.78 is 0. The minimum atomic E-state index is -2.72. The quantitative estimate of drug-likeness (QED) is 0.264. The topological polar surface area (TPSA) is 185 Å². The number of ketones is 2. The van der Waals surface area contributed by atoms with Crippen LogP contribution in [0.2, 0.25) is 0 Å². The maximum absolute atomic E-state index is 14.1. The van der Waals surface area contributed by atoms with Crippen molar-refractivity contribution in [3.05, 3.63) is 39.7 Å². The van der Waals surface area contributed by atoms with E-state index < -0.39 is 57.5 Å². The van der Waals surface area contributed by atoms with E-state index in [1.807, 2.05) is 45.8 Å². The predicted octanol–water partition coefficient (Wildman–Crippen LogP) is 0.966. The Morgan fingerprint density at radius 3 is 2.33 bits per heavy atom. The standard InChI is InChI=1S/C28H38N4O7/c1-26(2,3)31-11-13-9-15(32(6)7)14-8-12-10-27(4)22(30-5)21(35)18(25(29)38)24(37)28(27,39)23(36)16(12)20(34)17(14)19(13)33/h9,12,22,30-31,33-34,37,39H,8,10-11H2,1-7H3,(H2,29,38)/t12-,22?,27-,28-/m0/s1. The van der Waals surface area contributed by atoms with Crippen LogP contribution in [0.5, 0.6) is 5.75 Å². The van der Waals surface area contributed by atoms with Crippen LogP contribution in [0.3, 0.4) is 0 Å². The van der Waals surface area contributed by atoms with Crippen LogP contribution in [0.4, 0.5) is 5.69 Å². The summed E-state index contributed by atoms with van der Waals surface area (Å²) in [6, 6.07) is 0.616. The van der Waals surface area contributed by atoms with Gasteiger partial charge in [-0.05, 0) is 58.2 Å². The number of hydrogen-bond acceptors (Lipinski definition) is 10.